The van der Waals surface area contributed by atoms with Crippen molar-refractivity contribution in [3.63, 3.8) is 0 Å². The number of aliphatic carboxylic acids is 1. The van der Waals surface area contributed by atoms with E-state index in [9.17, 15) is 14.4 Å². The van der Waals surface area contributed by atoms with E-state index >= 15 is 0 Å². The van der Waals surface area contributed by atoms with Gasteiger partial charge in [-0.3, -0.25) is 9.59 Å². The van der Waals surface area contributed by atoms with E-state index in [2.05, 4.69) is 29.6 Å². The highest BCUT2D eigenvalue weighted by Crippen LogP contribution is 2.44. The van der Waals surface area contributed by atoms with Crippen LogP contribution in [0.5, 0.6) is 0 Å². The molecule has 2 aliphatic carbocycles. The third-order valence-electron chi connectivity index (χ3n) is 7.07. The standard InChI is InChI=1S/C28H34N2O5/c1-28(2,3)30(15-14-25(31)32)26(33)18-12-13-19(16-18)29-27(34)35-17-24-22-10-6-4-8-20(22)21-9-5-7-11-23(21)24/h4-11,18-19,24H,12-17H2,1-3H3,(H,29,34)(H,31,32)/t18-,19+/m0/s1. The van der Waals surface area contributed by atoms with Crippen LogP contribution in [-0.4, -0.2) is 52.7 Å². The van der Waals surface area contributed by atoms with Crippen LogP contribution in [0.3, 0.4) is 0 Å². The Morgan fingerprint density at radius 1 is 1.00 bits per heavy atom. The molecule has 2 atom stereocenters. The zero-order valence-corrected chi connectivity index (χ0v) is 20.6. The lowest BCUT2D eigenvalue weighted by Gasteiger charge is -2.37. The molecule has 0 saturated heterocycles. The first kappa shape index (κ1) is 24.8. The van der Waals surface area contributed by atoms with Gasteiger partial charge in [0.05, 0.1) is 6.42 Å². The highest BCUT2D eigenvalue weighted by atomic mass is 16.5. The van der Waals surface area contributed by atoms with Gasteiger partial charge >= 0.3 is 12.1 Å². The third-order valence-corrected chi connectivity index (χ3v) is 7.07. The van der Waals surface area contributed by atoms with Crippen LogP contribution >= 0.6 is 0 Å². The Kier molecular flexibility index (Phi) is 7.15. The molecule has 0 spiro atoms. The van der Waals surface area contributed by atoms with Crippen LogP contribution in [-0.2, 0) is 14.3 Å². The van der Waals surface area contributed by atoms with Crippen LogP contribution in [0.2, 0.25) is 0 Å². The zero-order chi connectivity index (χ0) is 25.2. The summed E-state index contributed by atoms with van der Waals surface area (Å²) >= 11 is 0. The largest absolute Gasteiger partial charge is 0.481 e. The molecule has 2 N–H and O–H groups in total. The molecule has 0 aliphatic heterocycles. The first-order chi connectivity index (χ1) is 16.6. The minimum absolute atomic E-state index is 0.000586. The number of carbonyl (C=O) groups excluding carboxylic acids is 2. The maximum atomic E-state index is 13.2. The lowest BCUT2D eigenvalue weighted by atomic mass is 9.98. The summed E-state index contributed by atoms with van der Waals surface area (Å²) in [4.78, 5) is 38.5. The molecule has 0 heterocycles. The predicted molar refractivity (Wildman–Crippen MR) is 133 cm³/mol. The molecule has 0 aromatic heterocycles. The number of hydrogen-bond donors (Lipinski definition) is 2. The Balaban J connectivity index is 1.32. The second kappa shape index (κ2) is 10.1. The Bertz CT molecular complexity index is 1060. The van der Waals surface area contributed by atoms with E-state index in [0.717, 1.165) is 11.1 Å². The summed E-state index contributed by atoms with van der Waals surface area (Å²) in [5.74, 6) is -1.20. The summed E-state index contributed by atoms with van der Waals surface area (Å²) < 4.78 is 5.65. The van der Waals surface area contributed by atoms with Crippen molar-refractivity contribution >= 4 is 18.0 Å². The topological polar surface area (TPSA) is 95.9 Å². The third kappa shape index (κ3) is 5.50. The highest BCUT2D eigenvalue weighted by molar-refractivity contribution is 5.81. The molecule has 2 aromatic rings. The van der Waals surface area contributed by atoms with Gasteiger partial charge in [-0.05, 0) is 62.3 Å². The van der Waals surface area contributed by atoms with Gasteiger partial charge in [0.15, 0.2) is 0 Å². The number of nitrogens with one attached hydrogen (secondary N) is 1. The van der Waals surface area contributed by atoms with Gasteiger partial charge in [0.25, 0.3) is 0 Å². The number of alkyl carbamates (subject to hydrolysis) is 1. The smallest absolute Gasteiger partial charge is 0.407 e. The van der Waals surface area contributed by atoms with Crippen molar-refractivity contribution in [2.45, 2.75) is 64.0 Å². The molecule has 1 fully saturated rings. The number of fused-ring (bicyclic) bond motifs is 3. The number of nitrogens with zero attached hydrogens (tertiary/aromatic N) is 1. The Labute approximate surface area is 206 Å². The molecule has 1 saturated carbocycles. The number of carboxylic acid groups (broad SMARTS) is 1. The van der Waals surface area contributed by atoms with Crippen LogP contribution in [0.1, 0.15) is 63.5 Å². The molecule has 0 bridgehead atoms. The highest BCUT2D eigenvalue weighted by Gasteiger charge is 2.37. The van der Waals surface area contributed by atoms with Crippen molar-refractivity contribution in [2.24, 2.45) is 5.92 Å². The number of hydrogen-bond acceptors (Lipinski definition) is 4. The van der Waals surface area contributed by atoms with Crippen LogP contribution in [0.4, 0.5) is 4.79 Å². The maximum absolute atomic E-state index is 13.2. The molecule has 7 nitrogen and oxygen atoms in total. The van der Waals surface area contributed by atoms with Crippen molar-refractivity contribution in [3.05, 3.63) is 59.7 Å². The van der Waals surface area contributed by atoms with E-state index in [1.165, 1.54) is 11.1 Å². The Morgan fingerprint density at radius 3 is 2.17 bits per heavy atom. The number of amides is 2. The molecule has 7 heteroatoms. The fourth-order valence-corrected chi connectivity index (χ4v) is 5.35. The van der Waals surface area contributed by atoms with E-state index < -0.39 is 17.6 Å². The van der Waals surface area contributed by atoms with E-state index in [1.54, 1.807) is 4.90 Å². The average Bonchev–Trinajstić information content (AvgIpc) is 3.39. The molecule has 2 amide bonds. The fraction of sp³-hybridized carbons (Fsp3) is 0.464. The SMILES string of the molecule is CC(C)(C)N(CCC(=O)O)C(=O)[C@H]1CC[C@@H](NC(=O)OCC2c3ccccc3-c3ccccc32)C1. The van der Waals surface area contributed by atoms with Crippen LogP contribution in [0, 0.1) is 5.92 Å². The van der Waals surface area contributed by atoms with Crippen molar-refractivity contribution in [1.29, 1.82) is 0 Å². The summed E-state index contributed by atoms with van der Waals surface area (Å²) in [5.41, 5.74) is 4.22. The number of ether oxygens (including phenoxy) is 1. The first-order valence-corrected chi connectivity index (χ1v) is 12.3. The van der Waals surface area contributed by atoms with Gasteiger partial charge in [0.2, 0.25) is 5.91 Å². The van der Waals surface area contributed by atoms with Crippen molar-refractivity contribution in [3.8, 4) is 11.1 Å². The molecule has 0 radical (unpaired) electrons. The summed E-state index contributed by atoms with van der Waals surface area (Å²) in [7, 11) is 0. The van der Waals surface area contributed by atoms with Gasteiger partial charge in [-0.15, -0.1) is 0 Å². The van der Waals surface area contributed by atoms with Gasteiger partial charge < -0.3 is 20.1 Å². The lowest BCUT2D eigenvalue weighted by molar-refractivity contribution is -0.143. The molecule has 4 rings (SSSR count). The Morgan fingerprint density at radius 2 is 1.60 bits per heavy atom. The molecular formula is C28H34N2O5. The maximum Gasteiger partial charge on any atom is 0.407 e. The molecular weight excluding hydrogens is 444 g/mol. The van der Waals surface area contributed by atoms with Gasteiger partial charge in [-0.2, -0.15) is 0 Å². The van der Waals surface area contributed by atoms with Gasteiger partial charge in [-0.25, -0.2) is 4.79 Å². The molecule has 2 aliphatic rings. The lowest BCUT2D eigenvalue weighted by Crippen LogP contribution is -2.49. The van der Waals surface area contributed by atoms with Gasteiger partial charge in [0.1, 0.15) is 6.61 Å². The first-order valence-electron chi connectivity index (χ1n) is 12.3. The van der Waals surface area contributed by atoms with Crippen molar-refractivity contribution in [1.82, 2.24) is 10.2 Å². The summed E-state index contributed by atoms with van der Waals surface area (Å²) in [6.45, 7) is 6.16. The Hall–Kier alpha value is -3.35. The van der Waals surface area contributed by atoms with E-state index in [-0.39, 0.29) is 43.4 Å². The monoisotopic (exact) mass is 478 g/mol. The minimum Gasteiger partial charge on any atom is -0.481 e. The second-order valence-electron chi connectivity index (χ2n) is 10.5. The molecule has 35 heavy (non-hydrogen) atoms. The van der Waals surface area contributed by atoms with Crippen LogP contribution < -0.4 is 5.32 Å². The zero-order valence-electron chi connectivity index (χ0n) is 20.6. The van der Waals surface area contributed by atoms with Gasteiger partial charge in [0, 0.05) is 30.0 Å². The van der Waals surface area contributed by atoms with E-state index in [1.807, 2.05) is 45.0 Å². The molecule has 2 aromatic carbocycles. The van der Waals surface area contributed by atoms with Gasteiger partial charge in [-0.1, -0.05) is 48.5 Å². The predicted octanol–water partition coefficient (Wildman–Crippen LogP) is 4.80. The number of carboxylic acids is 1. The van der Waals surface area contributed by atoms with E-state index in [4.69, 9.17) is 9.84 Å². The number of carbonyl (C=O) groups is 3. The van der Waals surface area contributed by atoms with E-state index in [0.29, 0.717) is 19.3 Å². The van der Waals surface area contributed by atoms with Crippen LogP contribution in [0.15, 0.2) is 48.5 Å². The second-order valence-corrected chi connectivity index (χ2v) is 10.5. The number of benzene rings is 2. The van der Waals surface area contributed by atoms with Crippen molar-refractivity contribution < 1.29 is 24.2 Å². The normalized spacial score (nSPS) is 19.1. The summed E-state index contributed by atoms with van der Waals surface area (Å²) in [5, 5.41) is 12.0. The number of rotatable bonds is 7. The van der Waals surface area contributed by atoms with Crippen LogP contribution in [0.25, 0.3) is 11.1 Å². The molecule has 0 unspecified atom stereocenters. The fourth-order valence-electron chi connectivity index (χ4n) is 5.35. The molecule has 186 valence electrons. The summed E-state index contributed by atoms with van der Waals surface area (Å²) in [6, 6.07) is 16.3. The van der Waals surface area contributed by atoms with Crippen molar-refractivity contribution in [2.75, 3.05) is 13.2 Å². The minimum atomic E-state index is -0.923. The quantitative estimate of drug-likeness (QED) is 0.596. The average molecular weight is 479 g/mol. The summed E-state index contributed by atoms with van der Waals surface area (Å²) in [6.07, 6.45) is 1.33.